The third-order valence-corrected chi connectivity index (χ3v) is 4.10. The molecule has 1 aliphatic rings. The zero-order valence-corrected chi connectivity index (χ0v) is 14.7. The van der Waals surface area contributed by atoms with E-state index in [2.05, 4.69) is 0 Å². The molecule has 23 heavy (non-hydrogen) atoms. The van der Waals surface area contributed by atoms with Gasteiger partial charge in [-0.2, -0.15) is 0 Å². The summed E-state index contributed by atoms with van der Waals surface area (Å²) in [5, 5.41) is 0. The molecule has 1 aliphatic heterocycles. The van der Waals surface area contributed by atoms with Crippen LogP contribution < -0.4 is 0 Å². The van der Waals surface area contributed by atoms with Gasteiger partial charge in [-0.05, 0) is 19.8 Å². The number of hydrogen-bond donors (Lipinski definition) is 0. The van der Waals surface area contributed by atoms with Gasteiger partial charge in [0.1, 0.15) is 6.04 Å². The second kappa shape index (κ2) is 10.2. The summed E-state index contributed by atoms with van der Waals surface area (Å²) in [6.45, 7) is 7.24. The van der Waals surface area contributed by atoms with Gasteiger partial charge in [0, 0.05) is 25.9 Å². The van der Waals surface area contributed by atoms with Crippen molar-refractivity contribution in [2.75, 3.05) is 26.2 Å². The standard InChI is InChI=1S/C17H30N2O4/c1-4-7-9-15(20)18-11-12-19(16(21)10-8-5-2)14(13-18)17(22)23-6-3/h14H,4-13H2,1-3H3. The van der Waals surface area contributed by atoms with Crippen molar-refractivity contribution in [3.05, 3.63) is 0 Å². The number of nitrogens with zero attached hydrogens (tertiary/aromatic N) is 2. The van der Waals surface area contributed by atoms with Gasteiger partial charge in [0.05, 0.1) is 13.2 Å². The Morgan fingerprint density at radius 3 is 2.13 bits per heavy atom. The highest BCUT2D eigenvalue weighted by molar-refractivity contribution is 5.86. The fourth-order valence-corrected chi connectivity index (χ4v) is 2.71. The van der Waals surface area contributed by atoms with Crippen molar-refractivity contribution in [1.82, 2.24) is 9.80 Å². The largest absolute Gasteiger partial charge is 0.464 e. The first kappa shape index (κ1) is 19.5. The number of rotatable bonds is 8. The van der Waals surface area contributed by atoms with Gasteiger partial charge in [0.2, 0.25) is 11.8 Å². The molecule has 0 aromatic heterocycles. The summed E-state index contributed by atoms with van der Waals surface area (Å²) in [6, 6.07) is -0.668. The molecule has 0 aromatic rings. The topological polar surface area (TPSA) is 66.9 Å². The molecule has 2 amide bonds. The lowest BCUT2D eigenvalue weighted by molar-refractivity contribution is -0.160. The summed E-state index contributed by atoms with van der Waals surface area (Å²) in [7, 11) is 0. The average Bonchev–Trinajstić information content (AvgIpc) is 2.57. The number of piperazine rings is 1. The summed E-state index contributed by atoms with van der Waals surface area (Å²) >= 11 is 0. The average molecular weight is 326 g/mol. The molecular weight excluding hydrogens is 296 g/mol. The van der Waals surface area contributed by atoms with Gasteiger partial charge in [0.15, 0.2) is 0 Å². The second-order valence-corrected chi connectivity index (χ2v) is 5.90. The smallest absolute Gasteiger partial charge is 0.330 e. The zero-order chi connectivity index (χ0) is 17.2. The first-order valence-corrected chi connectivity index (χ1v) is 8.78. The van der Waals surface area contributed by atoms with Gasteiger partial charge in [-0.25, -0.2) is 4.79 Å². The molecule has 6 nitrogen and oxygen atoms in total. The van der Waals surface area contributed by atoms with E-state index in [-0.39, 0.29) is 25.0 Å². The molecule has 1 heterocycles. The Morgan fingerprint density at radius 2 is 1.57 bits per heavy atom. The molecule has 1 fully saturated rings. The molecule has 1 unspecified atom stereocenters. The van der Waals surface area contributed by atoms with E-state index >= 15 is 0 Å². The molecule has 0 saturated carbocycles. The van der Waals surface area contributed by atoms with Gasteiger partial charge in [-0.3, -0.25) is 9.59 Å². The van der Waals surface area contributed by atoms with Crippen molar-refractivity contribution in [3.63, 3.8) is 0 Å². The van der Waals surface area contributed by atoms with Crippen molar-refractivity contribution >= 4 is 17.8 Å². The highest BCUT2D eigenvalue weighted by atomic mass is 16.5. The summed E-state index contributed by atoms with van der Waals surface area (Å²) in [6.07, 6.45) is 4.49. The Bertz CT molecular complexity index is 411. The second-order valence-electron chi connectivity index (χ2n) is 5.90. The summed E-state index contributed by atoms with van der Waals surface area (Å²) in [4.78, 5) is 40.0. The lowest BCUT2D eigenvalue weighted by Gasteiger charge is -2.40. The van der Waals surface area contributed by atoms with Crippen LogP contribution in [-0.2, 0) is 19.1 Å². The van der Waals surface area contributed by atoms with Gasteiger partial charge < -0.3 is 14.5 Å². The first-order valence-electron chi connectivity index (χ1n) is 8.78. The van der Waals surface area contributed by atoms with Crippen LogP contribution in [0.5, 0.6) is 0 Å². The van der Waals surface area contributed by atoms with Crippen molar-refractivity contribution in [3.8, 4) is 0 Å². The maximum absolute atomic E-state index is 12.3. The molecule has 0 radical (unpaired) electrons. The Kier molecular flexibility index (Phi) is 8.66. The van der Waals surface area contributed by atoms with Crippen LogP contribution in [0.2, 0.25) is 0 Å². The number of hydrogen-bond acceptors (Lipinski definition) is 4. The number of carbonyl (C=O) groups excluding carboxylic acids is 3. The Morgan fingerprint density at radius 1 is 0.957 bits per heavy atom. The van der Waals surface area contributed by atoms with Crippen LogP contribution in [0.4, 0.5) is 0 Å². The van der Waals surface area contributed by atoms with Gasteiger partial charge in [-0.1, -0.05) is 26.7 Å². The molecule has 0 spiro atoms. The molecule has 132 valence electrons. The quantitative estimate of drug-likeness (QED) is 0.640. The van der Waals surface area contributed by atoms with Gasteiger partial charge in [-0.15, -0.1) is 0 Å². The number of amides is 2. The monoisotopic (exact) mass is 326 g/mol. The van der Waals surface area contributed by atoms with E-state index in [4.69, 9.17) is 4.74 Å². The first-order chi connectivity index (χ1) is 11.0. The Labute approximate surface area is 139 Å². The molecule has 0 N–H and O–H groups in total. The van der Waals surface area contributed by atoms with E-state index in [1.165, 1.54) is 0 Å². The minimum Gasteiger partial charge on any atom is -0.464 e. The van der Waals surface area contributed by atoms with Gasteiger partial charge in [0.25, 0.3) is 0 Å². The van der Waals surface area contributed by atoms with Crippen molar-refractivity contribution in [2.45, 2.75) is 65.3 Å². The maximum Gasteiger partial charge on any atom is 0.330 e. The van der Waals surface area contributed by atoms with Crippen LogP contribution in [0, 0.1) is 0 Å². The molecule has 0 aromatic carbocycles. The molecule has 0 bridgehead atoms. The predicted octanol–water partition coefficient (Wildman–Crippen LogP) is 1.97. The van der Waals surface area contributed by atoms with E-state index in [1.54, 1.807) is 16.7 Å². The van der Waals surface area contributed by atoms with E-state index in [0.717, 1.165) is 25.7 Å². The van der Waals surface area contributed by atoms with E-state index < -0.39 is 12.0 Å². The summed E-state index contributed by atoms with van der Waals surface area (Å²) in [5.74, 6) is -0.377. The fourth-order valence-electron chi connectivity index (χ4n) is 2.71. The minimum absolute atomic E-state index is 0.0226. The summed E-state index contributed by atoms with van der Waals surface area (Å²) < 4.78 is 5.10. The third kappa shape index (κ3) is 5.84. The molecule has 1 rings (SSSR count). The molecule has 6 heteroatoms. The lowest BCUT2D eigenvalue weighted by Crippen LogP contribution is -2.59. The predicted molar refractivity (Wildman–Crippen MR) is 87.8 cm³/mol. The zero-order valence-electron chi connectivity index (χ0n) is 14.7. The van der Waals surface area contributed by atoms with Crippen molar-refractivity contribution in [1.29, 1.82) is 0 Å². The highest BCUT2D eigenvalue weighted by Crippen LogP contribution is 2.16. The highest BCUT2D eigenvalue weighted by Gasteiger charge is 2.37. The third-order valence-electron chi connectivity index (χ3n) is 4.10. The number of esters is 1. The van der Waals surface area contributed by atoms with Crippen molar-refractivity contribution in [2.24, 2.45) is 0 Å². The van der Waals surface area contributed by atoms with Gasteiger partial charge >= 0.3 is 5.97 Å². The van der Waals surface area contributed by atoms with Crippen molar-refractivity contribution < 1.29 is 19.1 Å². The maximum atomic E-state index is 12.3. The minimum atomic E-state index is -0.668. The van der Waals surface area contributed by atoms with Crippen LogP contribution in [0.15, 0.2) is 0 Å². The van der Waals surface area contributed by atoms with E-state index in [9.17, 15) is 14.4 Å². The van der Waals surface area contributed by atoms with Crippen LogP contribution in [0.1, 0.15) is 59.3 Å². The molecule has 0 aliphatic carbocycles. The van der Waals surface area contributed by atoms with Crippen LogP contribution in [0.25, 0.3) is 0 Å². The Hall–Kier alpha value is -1.59. The van der Waals surface area contributed by atoms with Crippen LogP contribution in [-0.4, -0.2) is 59.9 Å². The molecule has 1 atom stereocenters. The van der Waals surface area contributed by atoms with E-state index in [0.29, 0.717) is 25.9 Å². The SMILES string of the molecule is CCCCC(=O)N1CCN(C(=O)CCCC)C(C(=O)OCC)C1. The normalized spacial score (nSPS) is 18.0. The van der Waals surface area contributed by atoms with Crippen LogP contribution in [0.3, 0.4) is 0 Å². The number of ether oxygens (including phenoxy) is 1. The van der Waals surface area contributed by atoms with E-state index in [1.807, 2.05) is 13.8 Å². The lowest BCUT2D eigenvalue weighted by atomic mass is 10.1. The fraction of sp³-hybridized carbons (Fsp3) is 0.824. The Balaban J connectivity index is 2.75. The number of carbonyl (C=O) groups is 3. The molecular formula is C17H30N2O4. The summed E-state index contributed by atoms with van der Waals surface area (Å²) in [5.41, 5.74) is 0. The molecule has 1 saturated heterocycles. The van der Waals surface area contributed by atoms with Crippen LogP contribution >= 0.6 is 0 Å². The number of unbranched alkanes of at least 4 members (excludes halogenated alkanes) is 2.